The average molecular weight is 341 g/mol. The van der Waals surface area contributed by atoms with Gasteiger partial charge in [-0.25, -0.2) is 0 Å². The second kappa shape index (κ2) is 6.02. The summed E-state index contributed by atoms with van der Waals surface area (Å²) in [5, 5.41) is 3.36. The lowest BCUT2D eigenvalue weighted by Gasteiger charge is -2.18. The minimum atomic E-state index is -3.47. The minimum absolute atomic E-state index is 0.0494. The number of anilines is 2. The highest BCUT2D eigenvalue weighted by molar-refractivity contribution is 7.90. The molecule has 0 aliphatic carbocycles. The van der Waals surface area contributed by atoms with E-state index in [-0.39, 0.29) is 6.10 Å². The van der Waals surface area contributed by atoms with Crippen LogP contribution in [0.25, 0.3) is 0 Å². The van der Waals surface area contributed by atoms with Gasteiger partial charge in [0, 0.05) is 25.2 Å². The van der Waals surface area contributed by atoms with Gasteiger partial charge in [0.1, 0.15) is 6.10 Å². The third-order valence-corrected chi connectivity index (χ3v) is 5.55. The largest absolute Gasteiger partial charge is 0.467 e. The standard InChI is InChI=1S/C14H19N3O3S2/c1-10-8-11-9-12(4-5-13(11)15-14(21)20-10)16-22(18,19)17-6-2-3-7-17/h4-5,9-10,16H,2-3,6-8H2,1H3,(H,15,21). The van der Waals surface area contributed by atoms with Crippen molar-refractivity contribution >= 4 is 39.0 Å². The molecule has 1 aromatic carbocycles. The summed E-state index contributed by atoms with van der Waals surface area (Å²) >= 11 is 5.09. The molecular formula is C14H19N3O3S2. The lowest BCUT2D eigenvalue weighted by Crippen LogP contribution is -2.33. The van der Waals surface area contributed by atoms with Crippen molar-refractivity contribution in [2.75, 3.05) is 23.1 Å². The first-order chi connectivity index (χ1) is 10.4. The zero-order chi connectivity index (χ0) is 15.7. The van der Waals surface area contributed by atoms with E-state index in [1.807, 2.05) is 19.1 Å². The highest BCUT2D eigenvalue weighted by Gasteiger charge is 2.25. The molecule has 0 radical (unpaired) electrons. The number of fused-ring (bicyclic) bond motifs is 1. The Balaban J connectivity index is 1.83. The van der Waals surface area contributed by atoms with Gasteiger partial charge in [-0.3, -0.25) is 4.72 Å². The number of ether oxygens (including phenoxy) is 1. The number of nitrogens with zero attached hydrogens (tertiary/aromatic N) is 1. The molecular weight excluding hydrogens is 322 g/mol. The predicted molar refractivity (Wildman–Crippen MR) is 90.3 cm³/mol. The fourth-order valence-corrected chi connectivity index (χ4v) is 4.33. The van der Waals surface area contributed by atoms with Crippen LogP contribution in [-0.2, 0) is 21.4 Å². The van der Waals surface area contributed by atoms with Crippen molar-refractivity contribution in [2.24, 2.45) is 0 Å². The van der Waals surface area contributed by atoms with E-state index in [4.69, 9.17) is 17.0 Å². The summed E-state index contributed by atoms with van der Waals surface area (Å²) in [6, 6.07) is 5.40. The lowest BCUT2D eigenvalue weighted by molar-refractivity contribution is 0.217. The van der Waals surface area contributed by atoms with Crippen LogP contribution < -0.4 is 10.0 Å². The maximum absolute atomic E-state index is 12.3. The third kappa shape index (κ3) is 3.34. The molecule has 3 rings (SSSR count). The first-order valence-corrected chi connectivity index (χ1v) is 9.17. The van der Waals surface area contributed by atoms with Crippen LogP contribution in [0.15, 0.2) is 18.2 Å². The molecule has 0 spiro atoms. The van der Waals surface area contributed by atoms with Crippen molar-refractivity contribution in [3.8, 4) is 0 Å². The van der Waals surface area contributed by atoms with Gasteiger partial charge in [-0.1, -0.05) is 0 Å². The molecule has 0 saturated carbocycles. The Bertz CT molecular complexity index is 685. The van der Waals surface area contributed by atoms with Crippen LogP contribution in [0.4, 0.5) is 11.4 Å². The molecule has 1 atom stereocenters. The molecule has 1 saturated heterocycles. The Hall–Kier alpha value is -1.38. The van der Waals surface area contributed by atoms with E-state index in [1.54, 1.807) is 6.07 Å². The number of benzene rings is 1. The lowest BCUT2D eigenvalue weighted by atomic mass is 10.1. The zero-order valence-corrected chi connectivity index (χ0v) is 14.0. The van der Waals surface area contributed by atoms with Gasteiger partial charge in [0.25, 0.3) is 5.17 Å². The van der Waals surface area contributed by atoms with Crippen LogP contribution in [-0.4, -0.2) is 37.1 Å². The zero-order valence-electron chi connectivity index (χ0n) is 12.3. The SMILES string of the molecule is CC1Cc2cc(NS(=O)(=O)N3CCCC3)ccc2NC(=S)O1. The molecule has 2 heterocycles. The molecule has 2 aliphatic rings. The van der Waals surface area contributed by atoms with Gasteiger partial charge in [-0.2, -0.15) is 12.7 Å². The Morgan fingerprint density at radius 2 is 2.09 bits per heavy atom. The molecule has 2 N–H and O–H groups in total. The van der Waals surface area contributed by atoms with E-state index in [0.29, 0.717) is 30.4 Å². The molecule has 22 heavy (non-hydrogen) atoms. The maximum Gasteiger partial charge on any atom is 0.301 e. The van der Waals surface area contributed by atoms with Crippen LogP contribution in [0.1, 0.15) is 25.3 Å². The Labute approximate surface area is 136 Å². The van der Waals surface area contributed by atoms with E-state index in [2.05, 4.69) is 10.0 Å². The smallest absolute Gasteiger partial charge is 0.301 e. The quantitative estimate of drug-likeness (QED) is 0.824. The monoisotopic (exact) mass is 341 g/mol. The van der Waals surface area contributed by atoms with Gasteiger partial charge in [0.15, 0.2) is 0 Å². The first-order valence-electron chi connectivity index (χ1n) is 7.32. The molecule has 6 nitrogen and oxygen atoms in total. The molecule has 1 unspecified atom stereocenters. The Kier molecular flexibility index (Phi) is 4.24. The number of hydrogen-bond donors (Lipinski definition) is 2. The fraction of sp³-hybridized carbons (Fsp3) is 0.500. The molecule has 120 valence electrons. The topological polar surface area (TPSA) is 70.7 Å². The Morgan fingerprint density at radius 3 is 2.82 bits per heavy atom. The van der Waals surface area contributed by atoms with Gasteiger partial charge >= 0.3 is 10.2 Å². The van der Waals surface area contributed by atoms with E-state index in [0.717, 1.165) is 24.1 Å². The van der Waals surface area contributed by atoms with Crippen LogP contribution >= 0.6 is 12.2 Å². The average Bonchev–Trinajstić information content (AvgIpc) is 2.91. The predicted octanol–water partition coefficient (Wildman–Crippen LogP) is 2.10. The molecule has 2 aliphatic heterocycles. The van der Waals surface area contributed by atoms with Gasteiger partial charge < -0.3 is 10.1 Å². The van der Waals surface area contributed by atoms with Crippen LogP contribution in [0.5, 0.6) is 0 Å². The van der Waals surface area contributed by atoms with E-state index >= 15 is 0 Å². The van der Waals surface area contributed by atoms with Crippen LogP contribution in [0, 0.1) is 0 Å². The number of hydrogen-bond acceptors (Lipinski definition) is 4. The molecule has 0 bridgehead atoms. The van der Waals surface area contributed by atoms with Crippen molar-refractivity contribution < 1.29 is 13.2 Å². The van der Waals surface area contributed by atoms with Crippen LogP contribution in [0.3, 0.4) is 0 Å². The summed E-state index contributed by atoms with van der Waals surface area (Å²) in [5.74, 6) is 0. The second-order valence-electron chi connectivity index (χ2n) is 5.63. The fourth-order valence-electron chi connectivity index (χ4n) is 2.76. The normalized spacial score (nSPS) is 22.4. The molecule has 8 heteroatoms. The number of rotatable bonds is 3. The van der Waals surface area contributed by atoms with E-state index < -0.39 is 10.2 Å². The third-order valence-electron chi connectivity index (χ3n) is 3.81. The van der Waals surface area contributed by atoms with Crippen molar-refractivity contribution in [3.05, 3.63) is 23.8 Å². The maximum atomic E-state index is 12.3. The van der Waals surface area contributed by atoms with Crippen molar-refractivity contribution in [1.29, 1.82) is 0 Å². The molecule has 1 aromatic rings. The minimum Gasteiger partial charge on any atom is -0.467 e. The number of thiocarbonyl (C=S) groups is 1. The first kappa shape index (κ1) is 15.5. The van der Waals surface area contributed by atoms with Gasteiger partial charge in [0.05, 0.1) is 5.69 Å². The van der Waals surface area contributed by atoms with Gasteiger partial charge in [-0.05, 0) is 55.7 Å². The van der Waals surface area contributed by atoms with Crippen molar-refractivity contribution in [2.45, 2.75) is 32.3 Å². The summed E-state index contributed by atoms with van der Waals surface area (Å²) in [4.78, 5) is 0. The molecule has 0 aromatic heterocycles. The van der Waals surface area contributed by atoms with E-state index in [1.165, 1.54) is 4.31 Å². The highest BCUT2D eigenvalue weighted by atomic mass is 32.2. The van der Waals surface area contributed by atoms with Crippen molar-refractivity contribution in [1.82, 2.24) is 4.31 Å². The van der Waals surface area contributed by atoms with Crippen molar-refractivity contribution in [3.63, 3.8) is 0 Å². The Morgan fingerprint density at radius 1 is 1.36 bits per heavy atom. The highest BCUT2D eigenvalue weighted by Crippen LogP contribution is 2.26. The summed E-state index contributed by atoms with van der Waals surface area (Å²) in [6.07, 6.45) is 2.45. The second-order valence-corrected chi connectivity index (χ2v) is 7.67. The summed E-state index contributed by atoms with van der Waals surface area (Å²) in [5.41, 5.74) is 2.40. The summed E-state index contributed by atoms with van der Waals surface area (Å²) in [7, 11) is -3.47. The van der Waals surface area contributed by atoms with E-state index in [9.17, 15) is 8.42 Å². The van der Waals surface area contributed by atoms with Crippen LogP contribution in [0.2, 0.25) is 0 Å². The molecule has 0 amide bonds. The number of nitrogens with one attached hydrogen (secondary N) is 2. The van der Waals surface area contributed by atoms with Gasteiger partial charge in [0.2, 0.25) is 0 Å². The summed E-state index contributed by atoms with van der Waals surface area (Å²) < 4.78 is 34.2. The molecule has 1 fully saturated rings. The summed E-state index contributed by atoms with van der Waals surface area (Å²) in [6.45, 7) is 3.10. The van der Waals surface area contributed by atoms with Gasteiger partial charge in [-0.15, -0.1) is 0 Å².